The van der Waals surface area contributed by atoms with Crippen molar-refractivity contribution in [2.75, 3.05) is 12.8 Å². The number of carboxylic acid groups (broad SMARTS) is 1. The van der Waals surface area contributed by atoms with Gasteiger partial charge in [-0.15, -0.1) is 0 Å². The molecule has 1 heterocycles. The number of carboxylic acids is 1. The van der Waals surface area contributed by atoms with Crippen molar-refractivity contribution in [2.24, 2.45) is 0 Å². The summed E-state index contributed by atoms with van der Waals surface area (Å²) in [6.07, 6.45) is 3.44. The Labute approximate surface area is 127 Å². The Hall–Kier alpha value is -1.92. The van der Waals surface area contributed by atoms with E-state index in [2.05, 4.69) is 15.3 Å². The minimum Gasteiger partial charge on any atom is -0.480 e. The van der Waals surface area contributed by atoms with E-state index in [1.807, 2.05) is 25.1 Å². The van der Waals surface area contributed by atoms with E-state index in [4.69, 9.17) is 0 Å². The normalized spacial score (nSPS) is 13.6. The number of aromatic nitrogens is 2. The summed E-state index contributed by atoms with van der Waals surface area (Å²) < 4.78 is 0. The third-order valence-electron chi connectivity index (χ3n) is 3.23. The van der Waals surface area contributed by atoms with Crippen LogP contribution in [0.5, 0.6) is 0 Å². The Kier molecular flexibility index (Phi) is 4.93. The lowest BCUT2D eigenvalue weighted by atomic mass is 9.92. The summed E-state index contributed by atoms with van der Waals surface area (Å²) in [6, 6.07) is 9.14. The number of hydrogen-bond donors (Lipinski definition) is 2. The van der Waals surface area contributed by atoms with Crippen LogP contribution < -0.4 is 5.32 Å². The second-order valence-corrected chi connectivity index (χ2v) is 5.60. The molecular weight excluding hydrogens is 286 g/mol. The lowest BCUT2D eigenvalue weighted by Gasteiger charge is -2.28. The highest BCUT2D eigenvalue weighted by Gasteiger charge is 2.39. The van der Waals surface area contributed by atoms with Gasteiger partial charge in [-0.1, -0.05) is 42.1 Å². The van der Waals surface area contributed by atoms with E-state index < -0.39 is 11.5 Å². The van der Waals surface area contributed by atoms with E-state index in [-0.39, 0.29) is 0 Å². The molecule has 2 N–H and O–H groups in total. The third kappa shape index (κ3) is 3.40. The molecule has 1 atom stereocenters. The van der Waals surface area contributed by atoms with Crippen molar-refractivity contribution in [1.82, 2.24) is 15.3 Å². The van der Waals surface area contributed by atoms with Gasteiger partial charge in [0.2, 0.25) is 0 Å². The maximum absolute atomic E-state index is 11.8. The third-order valence-corrected chi connectivity index (χ3v) is 4.28. The first kappa shape index (κ1) is 15.5. The average molecular weight is 303 g/mol. The molecule has 1 aromatic heterocycles. The fourth-order valence-electron chi connectivity index (χ4n) is 1.94. The summed E-state index contributed by atoms with van der Waals surface area (Å²) in [5, 5.41) is 13.2. The van der Waals surface area contributed by atoms with Crippen LogP contribution in [0.15, 0.2) is 47.9 Å². The predicted molar refractivity (Wildman–Crippen MR) is 82.3 cm³/mol. The second-order valence-electron chi connectivity index (χ2n) is 4.66. The molecule has 0 fully saturated rings. The van der Waals surface area contributed by atoms with Crippen LogP contribution in [-0.4, -0.2) is 33.8 Å². The van der Waals surface area contributed by atoms with E-state index in [9.17, 15) is 9.90 Å². The van der Waals surface area contributed by atoms with Gasteiger partial charge in [0.05, 0.1) is 0 Å². The van der Waals surface area contributed by atoms with Crippen LogP contribution in [0, 0.1) is 6.92 Å². The summed E-state index contributed by atoms with van der Waals surface area (Å²) in [5.41, 5.74) is 0.514. The van der Waals surface area contributed by atoms with Crippen molar-refractivity contribution >= 4 is 17.7 Å². The number of rotatable bonds is 6. The standard InChI is InChI=1S/C15H17N3O2S/c1-11-8-17-14(18-9-11)21-10-15(16-2,13(19)20)12-6-4-3-5-7-12/h3-9,16H,10H2,1-2H3,(H,19,20). The summed E-state index contributed by atoms with van der Waals surface area (Å²) in [6.45, 7) is 1.91. The molecule has 0 saturated carbocycles. The Morgan fingerprint density at radius 3 is 2.43 bits per heavy atom. The van der Waals surface area contributed by atoms with Gasteiger partial charge >= 0.3 is 5.97 Å². The van der Waals surface area contributed by atoms with Crippen LogP contribution >= 0.6 is 11.8 Å². The van der Waals surface area contributed by atoms with Gasteiger partial charge in [0, 0.05) is 18.1 Å². The van der Waals surface area contributed by atoms with Gasteiger partial charge in [0.25, 0.3) is 0 Å². The van der Waals surface area contributed by atoms with E-state index >= 15 is 0 Å². The minimum absolute atomic E-state index is 0.298. The Morgan fingerprint density at radius 2 is 1.90 bits per heavy atom. The molecule has 0 radical (unpaired) electrons. The van der Waals surface area contributed by atoms with Gasteiger partial charge in [-0.05, 0) is 25.1 Å². The Morgan fingerprint density at radius 1 is 1.29 bits per heavy atom. The number of benzene rings is 1. The molecule has 0 aliphatic rings. The largest absolute Gasteiger partial charge is 0.480 e. The molecule has 1 unspecified atom stereocenters. The molecule has 0 amide bonds. The van der Waals surface area contributed by atoms with Crippen LogP contribution in [0.4, 0.5) is 0 Å². The fraction of sp³-hybridized carbons (Fsp3) is 0.267. The van der Waals surface area contributed by atoms with Gasteiger partial charge < -0.3 is 10.4 Å². The molecule has 1 aromatic carbocycles. The number of nitrogens with zero attached hydrogens (tertiary/aromatic N) is 2. The molecule has 0 aliphatic carbocycles. The van der Waals surface area contributed by atoms with Crippen molar-refractivity contribution in [3.63, 3.8) is 0 Å². The maximum atomic E-state index is 11.8. The number of likely N-dealkylation sites (N-methyl/N-ethyl adjacent to an activating group) is 1. The van der Waals surface area contributed by atoms with E-state index in [0.29, 0.717) is 16.5 Å². The quantitative estimate of drug-likeness (QED) is 0.628. The topological polar surface area (TPSA) is 75.1 Å². The summed E-state index contributed by atoms with van der Waals surface area (Å²) >= 11 is 1.32. The van der Waals surface area contributed by atoms with E-state index in [1.165, 1.54) is 11.8 Å². The summed E-state index contributed by atoms with van der Waals surface area (Å²) in [5.74, 6) is -0.623. The summed E-state index contributed by atoms with van der Waals surface area (Å²) in [7, 11) is 1.65. The van der Waals surface area contributed by atoms with Gasteiger partial charge in [-0.3, -0.25) is 0 Å². The zero-order chi connectivity index (χ0) is 15.3. The van der Waals surface area contributed by atoms with Crippen molar-refractivity contribution < 1.29 is 9.90 Å². The molecule has 0 saturated heterocycles. The number of carbonyl (C=O) groups is 1. The molecule has 2 rings (SSSR count). The molecule has 21 heavy (non-hydrogen) atoms. The fourth-order valence-corrected chi connectivity index (χ4v) is 2.98. The smallest absolute Gasteiger partial charge is 0.329 e. The highest BCUT2D eigenvalue weighted by Crippen LogP contribution is 2.28. The summed E-state index contributed by atoms with van der Waals surface area (Å²) in [4.78, 5) is 20.2. The van der Waals surface area contributed by atoms with Crippen LogP contribution in [0.3, 0.4) is 0 Å². The monoisotopic (exact) mass is 303 g/mol. The van der Waals surface area contributed by atoms with Crippen LogP contribution in [0.25, 0.3) is 0 Å². The van der Waals surface area contributed by atoms with E-state index in [0.717, 1.165) is 5.56 Å². The van der Waals surface area contributed by atoms with Crippen molar-refractivity contribution in [3.05, 3.63) is 53.9 Å². The highest BCUT2D eigenvalue weighted by atomic mass is 32.2. The number of thioether (sulfide) groups is 1. The first-order valence-corrected chi connectivity index (χ1v) is 7.46. The molecular formula is C15H17N3O2S. The number of aliphatic carboxylic acids is 1. The average Bonchev–Trinajstić information content (AvgIpc) is 2.51. The lowest BCUT2D eigenvalue weighted by Crippen LogP contribution is -2.49. The van der Waals surface area contributed by atoms with Gasteiger partial charge in [-0.2, -0.15) is 0 Å². The van der Waals surface area contributed by atoms with Crippen LogP contribution in [0.1, 0.15) is 11.1 Å². The first-order valence-electron chi connectivity index (χ1n) is 6.48. The zero-order valence-corrected chi connectivity index (χ0v) is 12.7. The van der Waals surface area contributed by atoms with Crippen molar-refractivity contribution in [3.8, 4) is 0 Å². The maximum Gasteiger partial charge on any atom is 0.329 e. The molecule has 6 heteroatoms. The van der Waals surface area contributed by atoms with Crippen LogP contribution in [0.2, 0.25) is 0 Å². The van der Waals surface area contributed by atoms with Crippen molar-refractivity contribution in [1.29, 1.82) is 0 Å². The Bertz CT molecular complexity index is 604. The number of aryl methyl sites for hydroxylation is 1. The minimum atomic E-state index is -1.17. The molecule has 110 valence electrons. The van der Waals surface area contributed by atoms with Crippen molar-refractivity contribution in [2.45, 2.75) is 17.6 Å². The molecule has 0 bridgehead atoms. The number of nitrogens with one attached hydrogen (secondary N) is 1. The first-order chi connectivity index (χ1) is 10.1. The Balaban J connectivity index is 2.25. The molecule has 5 nitrogen and oxygen atoms in total. The second kappa shape index (κ2) is 6.69. The van der Waals surface area contributed by atoms with E-state index in [1.54, 1.807) is 31.6 Å². The highest BCUT2D eigenvalue weighted by molar-refractivity contribution is 7.99. The SMILES string of the molecule is CNC(CSc1ncc(C)cn1)(C(=O)O)c1ccccc1. The molecule has 2 aromatic rings. The van der Waals surface area contributed by atoms with Crippen LogP contribution in [-0.2, 0) is 10.3 Å². The lowest BCUT2D eigenvalue weighted by molar-refractivity contribution is -0.144. The van der Waals surface area contributed by atoms with Gasteiger partial charge in [0.15, 0.2) is 10.7 Å². The zero-order valence-electron chi connectivity index (χ0n) is 11.9. The number of hydrogen-bond acceptors (Lipinski definition) is 5. The predicted octanol–water partition coefficient (Wildman–Crippen LogP) is 2.08. The van der Waals surface area contributed by atoms with Gasteiger partial charge in [-0.25, -0.2) is 14.8 Å². The molecule has 0 spiro atoms. The molecule has 0 aliphatic heterocycles. The van der Waals surface area contributed by atoms with Gasteiger partial charge in [0.1, 0.15) is 0 Å².